The second kappa shape index (κ2) is 5.39. The van der Waals surface area contributed by atoms with Gasteiger partial charge in [-0.3, -0.25) is 9.78 Å². The fourth-order valence-electron chi connectivity index (χ4n) is 1.68. The molecule has 19 heavy (non-hydrogen) atoms. The number of anilines is 2. The summed E-state index contributed by atoms with van der Waals surface area (Å²) in [7, 11) is 1.56. The van der Waals surface area contributed by atoms with Gasteiger partial charge < -0.3 is 15.8 Å². The average Bonchev–Trinajstić information content (AvgIpc) is 2.41. The first-order chi connectivity index (χ1) is 9.11. The van der Waals surface area contributed by atoms with Crippen molar-refractivity contribution >= 4 is 17.3 Å². The Morgan fingerprint density at radius 3 is 2.84 bits per heavy atom. The number of aryl methyl sites for hydroxylation is 1. The molecule has 3 N–H and O–H groups in total. The van der Waals surface area contributed by atoms with Crippen LogP contribution in [0.5, 0.6) is 5.75 Å². The maximum absolute atomic E-state index is 12.1. The highest BCUT2D eigenvalue weighted by molar-refractivity contribution is 6.06. The number of nitrogen functional groups attached to an aromatic ring is 1. The van der Waals surface area contributed by atoms with Crippen LogP contribution in [-0.2, 0) is 0 Å². The Morgan fingerprint density at radius 1 is 1.37 bits per heavy atom. The van der Waals surface area contributed by atoms with E-state index in [2.05, 4.69) is 10.3 Å². The number of nitrogens with one attached hydrogen (secondary N) is 1. The summed E-state index contributed by atoms with van der Waals surface area (Å²) < 4.78 is 5.10. The SMILES string of the molecule is COc1ccc(N)c(NC(=O)c2cccnc2C)c1. The van der Waals surface area contributed by atoms with Gasteiger partial charge in [0.1, 0.15) is 5.75 Å². The lowest BCUT2D eigenvalue weighted by atomic mass is 10.2. The second-order valence-corrected chi connectivity index (χ2v) is 4.04. The van der Waals surface area contributed by atoms with Crippen molar-refractivity contribution in [2.45, 2.75) is 6.92 Å². The number of rotatable bonds is 3. The molecule has 0 radical (unpaired) electrons. The van der Waals surface area contributed by atoms with Gasteiger partial charge in [0.25, 0.3) is 5.91 Å². The van der Waals surface area contributed by atoms with Crippen LogP contribution in [0.4, 0.5) is 11.4 Å². The van der Waals surface area contributed by atoms with Crippen molar-refractivity contribution in [1.29, 1.82) is 0 Å². The first-order valence-electron chi connectivity index (χ1n) is 5.78. The molecule has 0 fully saturated rings. The van der Waals surface area contributed by atoms with Crippen molar-refractivity contribution in [3.8, 4) is 5.75 Å². The number of nitrogens with two attached hydrogens (primary N) is 1. The predicted molar refractivity (Wildman–Crippen MR) is 74.3 cm³/mol. The highest BCUT2D eigenvalue weighted by Gasteiger charge is 2.11. The minimum atomic E-state index is -0.245. The van der Waals surface area contributed by atoms with Crippen LogP contribution in [0, 0.1) is 6.92 Å². The van der Waals surface area contributed by atoms with Gasteiger partial charge in [0.15, 0.2) is 0 Å². The van der Waals surface area contributed by atoms with Crippen molar-refractivity contribution in [1.82, 2.24) is 4.98 Å². The number of nitrogens with zero attached hydrogens (tertiary/aromatic N) is 1. The molecule has 0 aliphatic heterocycles. The van der Waals surface area contributed by atoms with E-state index in [0.29, 0.717) is 28.4 Å². The van der Waals surface area contributed by atoms with Crippen LogP contribution in [0.2, 0.25) is 0 Å². The Morgan fingerprint density at radius 2 is 2.16 bits per heavy atom. The number of pyridine rings is 1. The molecule has 0 aliphatic rings. The van der Waals surface area contributed by atoms with Gasteiger partial charge in [0, 0.05) is 18.0 Å². The van der Waals surface area contributed by atoms with Crippen LogP contribution in [0.1, 0.15) is 16.1 Å². The average molecular weight is 257 g/mol. The number of ether oxygens (including phenoxy) is 1. The van der Waals surface area contributed by atoms with E-state index in [1.165, 1.54) is 0 Å². The molecule has 5 nitrogen and oxygen atoms in total. The standard InChI is InChI=1S/C14H15N3O2/c1-9-11(4-3-7-16-9)14(18)17-13-8-10(19-2)5-6-12(13)15/h3-8H,15H2,1-2H3,(H,17,18). The smallest absolute Gasteiger partial charge is 0.257 e. The van der Waals surface area contributed by atoms with E-state index in [4.69, 9.17) is 10.5 Å². The zero-order valence-electron chi connectivity index (χ0n) is 10.8. The first kappa shape index (κ1) is 12.9. The van der Waals surface area contributed by atoms with Crippen LogP contribution >= 0.6 is 0 Å². The van der Waals surface area contributed by atoms with Crippen molar-refractivity contribution in [2.24, 2.45) is 0 Å². The van der Waals surface area contributed by atoms with E-state index < -0.39 is 0 Å². The Balaban J connectivity index is 2.26. The molecule has 0 bridgehead atoms. The molecule has 0 spiro atoms. The van der Waals surface area contributed by atoms with Gasteiger partial charge >= 0.3 is 0 Å². The molecule has 5 heteroatoms. The summed E-state index contributed by atoms with van der Waals surface area (Å²) >= 11 is 0. The Kier molecular flexibility index (Phi) is 3.66. The lowest BCUT2D eigenvalue weighted by Crippen LogP contribution is -2.15. The number of carbonyl (C=O) groups excluding carboxylic acids is 1. The maximum atomic E-state index is 12.1. The molecular weight excluding hydrogens is 242 g/mol. The summed E-state index contributed by atoms with van der Waals surface area (Å²) in [5.74, 6) is 0.387. The van der Waals surface area contributed by atoms with Gasteiger partial charge in [-0.1, -0.05) is 0 Å². The van der Waals surface area contributed by atoms with E-state index in [0.717, 1.165) is 0 Å². The van der Waals surface area contributed by atoms with Crippen LogP contribution in [0.3, 0.4) is 0 Å². The highest BCUT2D eigenvalue weighted by atomic mass is 16.5. The number of hydrogen-bond donors (Lipinski definition) is 2. The van der Waals surface area contributed by atoms with Crippen molar-refractivity contribution in [3.05, 3.63) is 47.8 Å². The molecule has 1 aromatic carbocycles. The lowest BCUT2D eigenvalue weighted by Gasteiger charge is -2.10. The zero-order valence-corrected chi connectivity index (χ0v) is 10.8. The molecule has 1 amide bonds. The summed E-state index contributed by atoms with van der Waals surface area (Å²) in [6, 6.07) is 8.54. The van der Waals surface area contributed by atoms with E-state index in [1.807, 2.05) is 0 Å². The zero-order chi connectivity index (χ0) is 13.8. The van der Waals surface area contributed by atoms with E-state index in [-0.39, 0.29) is 5.91 Å². The first-order valence-corrected chi connectivity index (χ1v) is 5.78. The highest BCUT2D eigenvalue weighted by Crippen LogP contribution is 2.25. The van der Waals surface area contributed by atoms with E-state index in [1.54, 1.807) is 50.6 Å². The predicted octanol–water partition coefficient (Wildman–Crippen LogP) is 2.23. The third-order valence-electron chi connectivity index (χ3n) is 2.76. The molecule has 0 aliphatic carbocycles. The fourth-order valence-corrected chi connectivity index (χ4v) is 1.68. The van der Waals surface area contributed by atoms with Crippen molar-refractivity contribution < 1.29 is 9.53 Å². The molecular formula is C14H15N3O2. The van der Waals surface area contributed by atoms with Crippen LogP contribution < -0.4 is 15.8 Å². The lowest BCUT2D eigenvalue weighted by molar-refractivity contribution is 0.102. The third-order valence-corrected chi connectivity index (χ3v) is 2.76. The van der Waals surface area contributed by atoms with Gasteiger partial charge in [-0.25, -0.2) is 0 Å². The molecule has 1 heterocycles. The normalized spacial score (nSPS) is 10.0. The van der Waals surface area contributed by atoms with E-state index in [9.17, 15) is 4.79 Å². The van der Waals surface area contributed by atoms with Crippen LogP contribution in [0.25, 0.3) is 0 Å². The molecule has 2 aromatic rings. The largest absolute Gasteiger partial charge is 0.497 e. The summed E-state index contributed by atoms with van der Waals surface area (Å²) in [6.07, 6.45) is 1.64. The van der Waals surface area contributed by atoms with E-state index >= 15 is 0 Å². The van der Waals surface area contributed by atoms with Crippen LogP contribution in [-0.4, -0.2) is 18.0 Å². The Labute approximate surface area is 111 Å². The minimum absolute atomic E-state index is 0.245. The van der Waals surface area contributed by atoms with Crippen LogP contribution in [0.15, 0.2) is 36.5 Å². The van der Waals surface area contributed by atoms with Gasteiger partial charge in [-0.2, -0.15) is 0 Å². The molecule has 0 unspecified atom stereocenters. The van der Waals surface area contributed by atoms with Crippen molar-refractivity contribution in [3.63, 3.8) is 0 Å². The number of amides is 1. The molecule has 0 saturated carbocycles. The van der Waals surface area contributed by atoms with Gasteiger partial charge in [0.2, 0.25) is 0 Å². The third kappa shape index (κ3) is 2.82. The number of benzene rings is 1. The summed E-state index contributed by atoms with van der Waals surface area (Å²) in [5.41, 5.74) is 8.01. The fraction of sp³-hybridized carbons (Fsp3) is 0.143. The summed E-state index contributed by atoms with van der Waals surface area (Å²) in [5, 5.41) is 2.76. The number of hydrogen-bond acceptors (Lipinski definition) is 4. The molecule has 98 valence electrons. The molecule has 0 saturated heterocycles. The molecule has 1 aromatic heterocycles. The molecule has 0 atom stereocenters. The number of carbonyl (C=O) groups is 1. The molecule has 2 rings (SSSR count). The maximum Gasteiger partial charge on any atom is 0.257 e. The monoisotopic (exact) mass is 257 g/mol. The summed E-state index contributed by atoms with van der Waals surface area (Å²) in [6.45, 7) is 1.78. The van der Waals surface area contributed by atoms with Gasteiger partial charge in [-0.15, -0.1) is 0 Å². The van der Waals surface area contributed by atoms with Gasteiger partial charge in [-0.05, 0) is 31.2 Å². The summed E-state index contributed by atoms with van der Waals surface area (Å²) in [4.78, 5) is 16.2. The minimum Gasteiger partial charge on any atom is -0.497 e. The Hall–Kier alpha value is -2.56. The van der Waals surface area contributed by atoms with Crippen molar-refractivity contribution in [2.75, 3.05) is 18.2 Å². The topological polar surface area (TPSA) is 77.2 Å². The number of aromatic nitrogens is 1. The number of methoxy groups -OCH3 is 1. The Bertz CT molecular complexity index is 611. The van der Waals surface area contributed by atoms with Gasteiger partial charge in [0.05, 0.1) is 24.0 Å². The second-order valence-electron chi connectivity index (χ2n) is 4.04. The quantitative estimate of drug-likeness (QED) is 0.827.